The van der Waals surface area contributed by atoms with Crippen molar-refractivity contribution in [3.8, 4) is 11.5 Å². The number of hydrogen-bond acceptors (Lipinski definition) is 4. The molecular formula is C14H11NO4. The molecule has 0 saturated heterocycles. The summed E-state index contributed by atoms with van der Waals surface area (Å²) in [6.07, 6.45) is 1.47. The summed E-state index contributed by atoms with van der Waals surface area (Å²) in [5.74, 6) is -1.45. The third-order valence-corrected chi connectivity index (χ3v) is 2.46. The molecule has 96 valence electrons. The molecule has 2 aromatic rings. The van der Waals surface area contributed by atoms with E-state index in [-0.39, 0.29) is 17.1 Å². The highest BCUT2D eigenvalue weighted by Crippen LogP contribution is 2.24. The second-order valence-corrected chi connectivity index (χ2v) is 3.86. The minimum Gasteiger partial charge on any atom is -0.504 e. The highest BCUT2D eigenvalue weighted by atomic mass is 16.4. The van der Waals surface area contributed by atoms with Crippen LogP contribution in [0.4, 0.5) is 5.69 Å². The molecule has 0 atom stereocenters. The first-order valence-electron chi connectivity index (χ1n) is 5.45. The second kappa shape index (κ2) is 5.22. The zero-order chi connectivity index (χ0) is 13.8. The third kappa shape index (κ3) is 3.10. The number of hydrogen-bond donors (Lipinski definition) is 3. The van der Waals surface area contributed by atoms with E-state index >= 15 is 0 Å². The van der Waals surface area contributed by atoms with E-state index in [2.05, 4.69) is 4.99 Å². The number of phenolic OH excluding ortho intramolecular Hbond substituents is 2. The summed E-state index contributed by atoms with van der Waals surface area (Å²) < 4.78 is 0. The minimum atomic E-state index is -1.01. The van der Waals surface area contributed by atoms with Crippen LogP contribution in [-0.2, 0) is 0 Å². The number of aromatic carboxylic acids is 1. The van der Waals surface area contributed by atoms with Gasteiger partial charge in [0.05, 0.1) is 11.3 Å². The summed E-state index contributed by atoms with van der Waals surface area (Å²) in [5.41, 5.74) is 1.24. The molecule has 0 fully saturated rings. The average Bonchev–Trinajstić information content (AvgIpc) is 2.40. The van der Waals surface area contributed by atoms with Crippen molar-refractivity contribution in [2.24, 2.45) is 4.99 Å². The SMILES string of the molecule is O=C(O)c1cccc(N=Cc2ccc(O)c(O)c2)c1. The standard InChI is InChI=1S/C14H11NO4/c16-12-5-4-9(6-13(12)17)8-15-11-3-1-2-10(7-11)14(18)19/h1-8,16-17H,(H,18,19). The van der Waals surface area contributed by atoms with Crippen LogP contribution in [0.5, 0.6) is 11.5 Å². The molecule has 19 heavy (non-hydrogen) atoms. The molecule has 0 heterocycles. The Morgan fingerprint density at radius 3 is 2.53 bits per heavy atom. The fraction of sp³-hybridized carbons (Fsp3) is 0. The van der Waals surface area contributed by atoms with Crippen molar-refractivity contribution in [3.05, 3.63) is 53.6 Å². The first-order valence-corrected chi connectivity index (χ1v) is 5.45. The molecule has 5 nitrogen and oxygen atoms in total. The van der Waals surface area contributed by atoms with Crippen molar-refractivity contribution in [2.45, 2.75) is 0 Å². The molecule has 0 saturated carbocycles. The third-order valence-electron chi connectivity index (χ3n) is 2.46. The van der Waals surface area contributed by atoms with Gasteiger partial charge >= 0.3 is 5.97 Å². The first-order chi connectivity index (χ1) is 9.06. The first kappa shape index (κ1) is 12.6. The molecular weight excluding hydrogens is 246 g/mol. The maximum Gasteiger partial charge on any atom is 0.335 e. The lowest BCUT2D eigenvalue weighted by molar-refractivity contribution is 0.0697. The summed E-state index contributed by atoms with van der Waals surface area (Å²) in [7, 11) is 0. The Balaban J connectivity index is 2.24. The van der Waals surface area contributed by atoms with Crippen LogP contribution < -0.4 is 0 Å². The molecule has 0 radical (unpaired) electrons. The van der Waals surface area contributed by atoms with Gasteiger partial charge < -0.3 is 15.3 Å². The van der Waals surface area contributed by atoms with E-state index in [1.807, 2.05) is 0 Å². The number of carboxylic acid groups (broad SMARTS) is 1. The monoisotopic (exact) mass is 257 g/mol. The summed E-state index contributed by atoms with van der Waals surface area (Å²) in [4.78, 5) is 14.9. The van der Waals surface area contributed by atoms with Crippen molar-refractivity contribution in [1.29, 1.82) is 0 Å². The predicted molar refractivity (Wildman–Crippen MR) is 70.4 cm³/mol. The summed E-state index contributed by atoms with van der Waals surface area (Å²) >= 11 is 0. The van der Waals surface area contributed by atoms with E-state index in [0.29, 0.717) is 11.3 Å². The van der Waals surface area contributed by atoms with E-state index in [1.165, 1.54) is 30.5 Å². The van der Waals surface area contributed by atoms with Crippen molar-refractivity contribution >= 4 is 17.9 Å². The largest absolute Gasteiger partial charge is 0.504 e. The Hall–Kier alpha value is -2.82. The summed E-state index contributed by atoms with van der Waals surface area (Å²) in [6, 6.07) is 10.5. The van der Waals surface area contributed by atoms with Crippen LogP contribution in [0.1, 0.15) is 15.9 Å². The van der Waals surface area contributed by atoms with Gasteiger partial charge in [-0.15, -0.1) is 0 Å². The van der Waals surface area contributed by atoms with Gasteiger partial charge in [0, 0.05) is 6.21 Å². The summed E-state index contributed by atoms with van der Waals surface area (Å²) in [5, 5.41) is 27.3. The van der Waals surface area contributed by atoms with Crippen LogP contribution in [0.2, 0.25) is 0 Å². The molecule has 0 bridgehead atoms. The predicted octanol–water partition coefficient (Wildman–Crippen LogP) is 2.55. The molecule has 0 aliphatic rings. The van der Waals surface area contributed by atoms with Gasteiger partial charge in [0.2, 0.25) is 0 Å². The topological polar surface area (TPSA) is 90.1 Å². The number of nitrogens with zero attached hydrogens (tertiary/aromatic N) is 1. The second-order valence-electron chi connectivity index (χ2n) is 3.86. The highest BCUT2D eigenvalue weighted by molar-refractivity contribution is 5.89. The van der Waals surface area contributed by atoms with Crippen LogP contribution in [0.25, 0.3) is 0 Å². The quantitative estimate of drug-likeness (QED) is 0.582. The van der Waals surface area contributed by atoms with Gasteiger partial charge in [-0.05, 0) is 42.0 Å². The number of benzene rings is 2. The lowest BCUT2D eigenvalue weighted by Gasteiger charge is -1.99. The van der Waals surface area contributed by atoms with E-state index in [4.69, 9.17) is 10.2 Å². The molecule has 0 amide bonds. The van der Waals surface area contributed by atoms with Crippen LogP contribution in [0.15, 0.2) is 47.5 Å². The maximum absolute atomic E-state index is 10.8. The zero-order valence-electron chi connectivity index (χ0n) is 9.82. The van der Waals surface area contributed by atoms with Crippen molar-refractivity contribution in [2.75, 3.05) is 0 Å². The molecule has 3 N–H and O–H groups in total. The van der Waals surface area contributed by atoms with Gasteiger partial charge in [0.15, 0.2) is 11.5 Å². The molecule has 2 aromatic carbocycles. The molecule has 5 heteroatoms. The smallest absolute Gasteiger partial charge is 0.335 e. The van der Waals surface area contributed by atoms with Gasteiger partial charge in [-0.3, -0.25) is 4.99 Å². The van der Waals surface area contributed by atoms with E-state index in [0.717, 1.165) is 0 Å². The Labute approximate surface area is 109 Å². The normalized spacial score (nSPS) is 10.7. The molecule has 0 spiro atoms. The average molecular weight is 257 g/mol. The number of carbonyl (C=O) groups is 1. The number of aromatic hydroxyl groups is 2. The van der Waals surface area contributed by atoms with E-state index < -0.39 is 5.97 Å². The number of carboxylic acids is 1. The fourth-order valence-electron chi connectivity index (χ4n) is 1.49. The van der Waals surface area contributed by atoms with Crippen LogP contribution in [-0.4, -0.2) is 27.5 Å². The lowest BCUT2D eigenvalue weighted by atomic mass is 10.2. The van der Waals surface area contributed by atoms with Gasteiger partial charge in [-0.25, -0.2) is 4.79 Å². The molecule has 0 aliphatic heterocycles. The van der Waals surface area contributed by atoms with Crippen molar-refractivity contribution in [1.82, 2.24) is 0 Å². The maximum atomic E-state index is 10.8. The van der Waals surface area contributed by atoms with Crippen LogP contribution >= 0.6 is 0 Å². The van der Waals surface area contributed by atoms with Gasteiger partial charge in [-0.1, -0.05) is 6.07 Å². The molecule has 2 rings (SSSR count). The molecule has 0 aliphatic carbocycles. The van der Waals surface area contributed by atoms with Gasteiger partial charge in [0.1, 0.15) is 0 Å². The number of aliphatic imine (C=N–C) groups is 1. The van der Waals surface area contributed by atoms with Gasteiger partial charge in [-0.2, -0.15) is 0 Å². The molecule has 0 aromatic heterocycles. The van der Waals surface area contributed by atoms with E-state index in [9.17, 15) is 9.90 Å². The number of rotatable bonds is 3. The van der Waals surface area contributed by atoms with Crippen LogP contribution in [0.3, 0.4) is 0 Å². The summed E-state index contributed by atoms with van der Waals surface area (Å²) in [6.45, 7) is 0. The van der Waals surface area contributed by atoms with Crippen LogP contribution in [0, 0.1) is 0 Å². The lowest BCUT2D eigenvalue weighted by Crippen LogP contribution is -1.94. The minimum absolute atomic E-state index is 0.156. The van der Waals surface area contributed by atoms with Crippen molar-refractivity contribution < 1.29 is 20.1 Å². The molecule has 0 unspecified atom stereocenters. The van der Waals surface area contributed by atoms with E-state index in [1.54, 1.807) is 18.2 Å². The Kier molecular flexibility index (Phi) is 3.47. The Morgan fingerprint density at radius 2 is 1.84 bits per heavy atom. The van der Waals surface area contributed by atoms with Gasteiger partial charge in [0.25, 0.3) is 0 Å². The highest BCUT2D eigenvalue weighted by Gasteiger charge is 2.02. The number of phenols is 2. The Morgan fingerprint density at radius 1 is 1.05 bits per heavy atom. The fourth-order valence-corrected chi connectivity index (χ4v) is 1.49. The Bertz CT molecular complexity index is 650. The van der Waals surface area contributed by atoms with Crippen molar-refractivity contribution in [3.63, 3.8) is 0 Å². The zero-order valence-corrected chi connectivity index (χ0v) is 9.82.